The molecule has 0 aliphatic carbocycles. The first-order valence-corrected chi connectivity index (χ1v) is 8.19. The number of nitrogen functional groups attached to an aromatic ring is 1. The van der Waals surface area contributed by atoms with Gasteiger partial charge in [0.1, 0.15) is 23.6 Å². The van der Waals surface area contributed by atoms with Gasteiger partial charge in [0.15, 0.2) is 17.2 Å². The zero-order valence-corrected chi connectivity index (χ0v) is 13.9. The average molecular weight is 360 g/mol. The van der Waals surface area contributed by atoms with Gasteiger partial charge in [-0.2, -0.15) is 5.10 Å². The summed E-state index contributed by atoms with van der Waals surface area (Å²) in [7, 11) is 0. The molecule has 0 aliphatic heterocycles. The van der Waals surface area contributed by atoms with Crippen molar-refractivity contribution in [1.82, 2.24) is 25.1 Å². The highest BCUT2D eigenvalue weighted by molar-refractivity contribution is 5.99. The van der Waals surface area contributed by atoms with Crippen molar-refractivity contribution in [1.29, 1.82) is 0 Å². The Morgan fingerprint density at radius 1 is 1.04 bits per heavy atom. The topological polar surface area (TPSA) is 106 Å². The van der Waals surface area contributed by atoms with E-state index in [-0.39, 0.29) is 5.75 Å². The summed E-state index contributed by atoms with van der Waals surface area (Å²) in [5.74, 6) is 0.566. The quantitative estimate of drug-likeness (QED) is 0.451. The number of hydrogen-bond donors (Lipinski definition) is 3. The second-order valence-electron chi connectivity index (χ2n) is 6.02. The Kier molecular flexibility index (Phi) is 3.29. The summed E-state index contributed by atoms with van der Waals surface area (Å²) in [6, 6.07) is 13.9. The lowest BCUT2D eigenvalue weighted by Gasteiger charge is -2.06. The Labute approximate surface area is 152 Å². The first-order chi connectivity index (χ1) is 13.2. The number of nitrogens with zero attached hydrogens (tertiary/aromatic N) is 3. The van der Waals surface area contributed by atoms with E-state index in [9.17, 15) is 4.39 Å². The van der Waals surface area contributed by atoms with Crippen LogP contribution in [0.1, 0.15) is 0 Å². The minimum absolute atomic E-state index is 0.136. The molecule has 7 nitrogen and oxygen atoms in total. The Morgan fingerprint density at radius 3 is 2.74 bits per heavy atom. The van der Waals surface area contributed by atoms with Crippen LogP contribution in [0.4, 0.5) is 10.2 Å². The first-order valence-electron chi connectivity index (χ1n) is 8.19. The third-order valence-electron chi connectivity index (χ3n) is 4.29. The highest BCUT2D eigenvalue weighted by Crippen LogP contribution is 2.33. The van der Waals surface area contributed by atoms with Crippen molar-refractivity contribution >= 4 is 27.8 Å². The third-order valence-corrected chi connectivity index (χ3v) is 4.29. The van der Waals surface area contributed by atoms with E-state index in [2.05, 4.69) is 25.1 Å². The van der Waals surface area contributed by atoms with E-state index in [4.69, 9.17) is 10.5 Å². The highest BCUT2D eigenvalue weighted by atomic mass is 19.1. The number of ether oxygens (including phenoxy) is 1. The van der Waals surface area contributed by atoms with Gasteiger partial charge in [-0.3, -0.25) is 5.10 Å². The lowest BCUT2D eigenvalue weighted by Crippen LogP contribution is -1.92. The van der Waals surface area contributed by atoms with E-state index in [1.165, 1.54) is 12.4 Å². The molecule has 8 heteroatoms. The number of benzene rings is 2. The molecule has 2 aromatic carbocycles. The highest BCUT2D eigenvalue weighted by Gasteiger charge is 2.16. The molecule has 0 aliphatic rings. The normalized spacial score (nSPS) is 11.3. The fourth-order valence-electron chi connectivity index (χ4n) is 3.03. The fourth-order valence-corrected chi connectivity index (χ4v) is 3.03. The molecule has 0 radical (unpaired) electrons. The van der Waals surface area contributed by atoms with Crippen LogP contribution in [0.25, 0.3) is 33.3 Å². The molecule has 27 heavy (non-hydrogen) atoms. The first kappa shape index (κ1) is 15.3. The molecular weight excluding hydrogens is 347 g/mol. The molecule has 0 bridgehead atoms. The largest absolute Gasteiger partial charge is 0.454 e. The number of fused-ring (bicyclic) bond motifs is 2. The number of para-hydroxylation sites is 1. The van der Waals surface area contributed by atoms with Crippen LogP contribution >= 0.6 is 0 Å². The molecule has 0 amide bonds. The van der Waals surface area contributed by atoms with Crippen LogP contribution in [0.2, 0.25) is 0 Å². The Hall–Kier alpha value is -3.94. The molecule has 0 saturated heterocycles. The number of rotatable bonds is 3. The molecule has 0 unspecified atom stereocenters. The molecule has 0 saturated carbocycles. The van der Waals surface area contributed by atoms with E-state index in [1.54, 1.807) is 24.3 Å². The predicted molar refractivity (Wildman–Crippen MR) is 99.9 cm³/mol. The van der Waals surface area contributed by atoms with Crippen LogP contribution < -0.4 is 10.5 Å². The summed E-state index contributed by atoms with van der Waals surface area (Å²) in [6.07, 6.45) is 1.37. The van der Waals surface area contributed by atoms with Gasteiger partial charge in [-0.1, -0.05) is 18.2 Å². The van der Waals surface area contributed by atoms with Gasteiger partial charge in [0, 0.05) is 17.0 Å². The number of H-pyrrole nitrogens is 2. The van der Waals surface area contributed by atoms with Crippen molar-refractivity contribution in [2.45, 2.75) is 0 Å². The van der Waals surface area contributed by atoms with Gasteiger partial charge in [0.25, 0.3) is 0 Å². The second kappa shape index (κ2) is 5.80. The van der Waals surface area contributed by atoms with Gasteiger partial charge < -0.3 is 15.5 Å². The monoisotopic (exact) mass is 360 g/mol. The van der Waals surface area contributed by atoms with E-state index in [0.717, 1.165) is 0 Å². The minimum atomic E-state index is -0.452. The summed E-state index contributed by atoms with van der Waals surface area (Å²) in [5, 5.41) is 8.40. The van der Waals surface area contributed by atoms with Gasteiger partial charge in [-0.15, -0.1) is 0 Å². The summed E-state index contributed by atoms with van der Waals surface area (Å²) < 4.78 is 20.1. The van der Waals surface area contributed by atoms with Gasteiger partial charge in [-0.05, 0) is 24.3 Å². The molecule has 3 heterocycles. The van der Waals surface area contributed by atoms with Crippen molar-refractivity contribution in [2.24, 2.45) is 0 Å². The van der Waals surface area contributed by atoms with Crippen LogP contribution in [-0.4, -0.2) is 25.1 Å². The maximum atomic E-state index is 14.5. The third kappa shape index (κ3) is 2.54. The molecule has 132 valence electrons. The number of anilines is 1. The zero-order chi connectivity index (χ0) is 18.4. The molecule has 0 spiro atoms. The molecular formula is C19H13FN6O. The van der Waals surface area contributed by atoms with Crippen LogP contribution in [-0.2, 0) is 0 Å². The van der Waals surface area contributed by atoms with Crippen LogP contribution in [0, 0.1) is 5.82 Å². The molecule has 5 rings (SSSR count). The number of hydrogen-bond acceptors (Lipinski definition) is 5. The maximum absolute atomic E-state index is 14.5. The van der Waals surface area contributed by atoms with Crippen molar-refractivity contribution in [3.05, 3.63) is 60.7 Å². The summed E-state index contributed by atoms with van der Waals surface area (Å²) >= 11 is 0. The molecule has 3 aromatic heterocycles. The number of nitrogens with two attached hydrogens (primary N) is 1. The standard InChI is InChI=1S/C19H13FN6O/c20-12-6-10-7-14(17-16-18(21)22-9-23-19(16)26-25-17)24-13(10)8-15(12)27-11-4-2-1-3-5-11/h1-9,24H,(H3,21,22,23,25,26). The summed E-state index contributed by atoms with van der Waals surface area (Å²) in [4.78, 5) is 11.4. The number of aromatic amines is 2. The van der Waals surface area contributed by atoms with E-state index < -0.39 is 5.82 Å². The fraction of sp³-hybridized carbons (Fsp3) is 0. The molecule has 0 fully saturated rings. The van der Waals surface area contributed by atoms with E-state index >= 15 is 0 Å². The zero-order valence-electron chi connectivity index (χ0n) is 13.9. The van der Waals surface area contributed by atoms with Crippen molar-refractivity contribution in [2.75, 3.05) is 5.73 Å². The van der Waals surface area contributed by atoms with Gasteiger partial charge in [-0.25, -0.2) is 14.4 Å². The van der Waals surface area contributed by atoms with Crippen LogP contribution in [0.15, 0.2) is 54.9 Å². The van der Waals surface area contributed by atoms with E-state index in [0.29, 0.717) is 44.9 Å². The minimum Gasteiger partial charge on any atom is -0.454 e. The van der Waals surface area contributed by atoms with Crippen LogP contribution in [0.5, 0.6) is 11.5 Å². The summed E-state index contributed by atoms with van der Waals surface area (Å²) in [6.45, 7) is 0. The van der Waals surface area contributed by atoms with Gasteiger partial charge >= 0.3 is 0 Å². The number of aromatic nitrogens is 5. The Morgan fingerprint density at radius 2 is 1.89 bits per heavy atom. The smallest absolute Gasteiger partial charge is 0.166 e. The van der Waals surface area contributed by atoms with Crippen molar-refractivity contribution in [3.63, 3.8) is 0 Å². The lowest BCUT2D eigenvalue weighted by atomic mass is 10.2. The van der Waals surface area contributed by atoms with Gasteiger partial charge in [0.05, 0.1) is 11.1 Å². The number of halogens is 1. The van der Waals surface area contributed by atoms with E-state index in [1.807, 2.05) is 18.2 Å². The SMILES string of the molecule is Nc1ncnc2[nH]nc(-c3cc4cc(F)c(Oc5ccccc5)cc4[nH]3)c12. The second-order valence-corrected chi connectivity index (χ2v) is 6.02. The number of nitrogens with one attached hydrogen (secondary N) is 2. The summed E-state index contributed by atoms with van der Waals surface area (Å²) in [5.41, 5.74) is 8.46. The lowest BCUT2D eigenvalue weighted by molar-refractivity contribution is 0.443. The predicted octanol–water partition coefficient (Wildman–Crippen LogP) is 4.01. The van der Waals surface area contributed by atoms with Crippen molar-refractivity contribution < 1.29 is 9.13 Å². The molecule has 5 aromatic rings. The van der Waals surface area contributed by atoms with Crippen molar-refractivity contribution in [3.8, 4) is 22.9 Å². The Bertz CT molecular complexity index is 1280. The average Bonchev–Trinajstić information content (AvgIpc) is 3.27. The van der Waals surface area contributed by atoms with Gasteiger partial charge in [0.2, 0.25) is 0 Å². The Balaban J connectivity index is 1.61. The molecule has 4 N–H and O–H groups in total. The maximum Gasteiger partial charge on any atom is 0.166 e. The van der Waals surface area contributed by atoms with Crippen LogP contribution in [0.3, 0.4) is 0 Å². The molecule has 0 atom stereocenters.